The number of nitrogens with zero attached hydrogens (tertiary/aromatic N) is 3. The molecule has 0 atom stereocenters. The second-order valence-electron chi connectivity index (χ2n) is 16.1. The number of nitrogen functional groups attached to an aromatic ring is 2. The number of nitrogens with one attached hydrogen (secondary N) is 2. The second-order valence-corrected chi connectivity index (χ2v) is 16.1. The molecule has 3 amide bonds. The standard InChI is InChI=1S/C27H22N2O2.C15H14N2O2.C14H21N3O/c28-24-13-11-18(16-22(24)26(30)20-7-3-1-4-8-20)15-19-12-14-25(29)23(17-19)27(31)21-9-5-2-6-10-21;18-10-16-14-5-1-12(2-6-14)9-13-3-7-15(8-4-13)17-11-19;1-16(2)14(17(3)4)15-13(18)11-10-12-8-6-5-7-9-12/h1-14,16-17H,15,28-29H2;1-8,10-11H,9H2,(H,16,18)(H,17,19);5-9H,10-11H2,1-4H3. The molecular weight excluding hydrogens is 851 g/mol. The molecule has 0 unspecified atom stereocenters. The van der Waals surface area contributed by atoms with Crippen LogP contribution in [0.25, 0.3) is 0 Å². The first-order valence-electron chi connectivity index (χ1n) is 21.9. The number of carbonyl (C=O) groups excluding carboxylic acids is 5. The highest BCUT2D eigenvalue weighted by molar-refractivity contribution is 6.13. The summed E-state index contributed by atoms with van der Waals surface area (Å²) in [6.45, 7) is 0. The number of guanidine groups is 1. The lowest BCUT2D eigenvalue weighted by Gasteiger charge is -2.22. The monoisotopic (exact) mass is 907 g/mol. The van der Waals surface area contributed by atoms with E-state index in [2.05, 4.69) is 15.6 Å². The van der Waals surface area contributed by atoms with E-state index in [0.29, 0.717) is 65.2 Å². The number of anilines is 4. The van der Waals surface area contributed by atoms with E-state index in [4.69, 9.17) is 11.5 Å². The number of hydrogen-bond acceptors (Lipinski definition) is 7. The van der Waals surface area contributed by atoms with Crippen LogP contribution < -0.4 is 22.1 Å². The van der Waals surface area contributed by atoms with Crippen molar-refractivity contribution in [1.29, 1.82) is 0 Å². The van der Waals surface area contributed by atoms with Crippen LogP contribution in [0.2, 0.25) is 0 Å². The Morgan fingerprint density at radius 2 is 0.853 bits per heavy atom. The summed E-state index contributed by atoms with van der Waals surface area (Å²) in [5, 5.41) is 5.20. The molecule has 0 saturated carbocycles. The maximum atomic E-state index is 12.9. The van der Waals surface area contributed by atoms with Gasteiger partial charge in [0.1, 0.15) is 0 Å². The van der Waals surface area contributed by atoms with Crippen molar-refractivity contribution in [1.82, 2.24) is 9.80 Å². The third-order valence-electron chi connectivity index (χ3n) is 10.5. The molecule has 0 spiro atoms. The third-order valence-corrected chi connectivity index (χ3v) is 10.5. The summed E-state index contributed by atoms with van der Waals surface area (Å²) in [7, 11) is 7.51. The fourth-order valence-electron chi connectivity index (χ4n) is 7.02. The Morgan fingerprint density at radius 1 is 0.485 bits per heavy atom. The zero-order valence-corrected chi connectivity index (χ0v) is 38.8. The fourth-order valence-corrected chi connectivity index (χ4v) is 7.02. The number of amides is 3. The molecule has 346 valence electrons. The minimum atomic E-state index is -0.114. The number of aliphatic imine (C=N–C) groups is 1. The van der Waals surface area contributed by atoms with Gasteiger partial charge < -0.3 is 31.9 Å². The zero-order chi connectivity index (χ0) is 48.8. The van der Waals surface area contributed by atoms with Crippen LogP contribution in [0.4, 0.5) is 22.7 Å². The highest BCUT2D eigenvalue weighted by atomic mass is 16.2. The first-order valence-corrected chi connectivity index (χ1v) is 21.9. The van der Waals surface area contributed by atoms with Crippen molar-refractivity contribution >= 4 is 59.0 Å². The van der Waals surface area contributed by atoms with Crippen LogP contribution >= 0.6 is 0 Å². The van der Waals surface area contributed by atoms with Gasteiger partial charge in [0.05, 0.1) is 0 Å². The molecule has 7 aromatic carbocycles. The molecule has 6 N–H and O–H groups in total. The highest BCUT2D eigenvalue weighted by Gasteiger charge is 2.16. The molecule has 0 fully saturated rings. The van der Waals surface area contributed by atoms with Crippen molar-refractivity contribution in [3.05, 3.63) is 226 Å². The number of benzene rings is 7. The summed E-state index contributed by atoms with van der Waals surface area (Å²) < 4.78 is 0. The average molecular weight is 908 g/mol. The Kier molecular flexibility index (Phi) is 19.1. The molecular formula is C56H57N7O5. The summed E-state index contributed by atoms with van der Waals surface area (Å²) in [5.41, 5.74) is 22.1. The second kappa shape index (κ2) is 25.7. The molecule has 0 saturated heterocycles. The molecule has 7 aromatic rings. The summed E-state index contributed by atoms with van der Waals surface area (Å²) in [5.74, 6) is 0.360. The first-order chi connectivity index (χ1) is 32.8. The van der Waals surface area contributed by atoms with Gasteiger partial charge in [0.2, 0.25) is 24.7 Å². The Bertz CT molecular complexity index is 2620. The van der Waals surface area contributed by atoms with Gasteiger partial charge in [0.25, 0.3) is 0 Å². The Hall–Kier alpha value is -8.64. The number of rotatable bonds is 15. The lowest BCUT2D eigenvalue weighted by molar-refractivity contribution is -0.118. The smallest absolute Gasteiger partial charge is 0.249 e. The van der Waals surface area contributed by atoms with Gasteiger partial charge in [-0.2, -0.15) is 4.99 Å². The van der Waals surface area contributed by atoms with Gasteiger partial charge in [-0.05, 0) is 95.6 Å². The van der Waals surface area contributed by atoms with Crippen LogP contribution in [0.1, 0.15) is 66.1 Å². The fraction of sp³-hybridized carbons (Fsp3) is 0.143. The number of carbonyl (C=O) groups is 5. The minimum absolute atomic E-state index is 0.0868. The van der Waals surface area contributed by atoms with Crippen LogP contribution in [0.5, 0.6) is 0 Å². The number of hydrogen-bond donors (Lipinski definition) is 4. The van der Waals surface area contributed by atoms with Gasteiger partial charge in [0, 0.05) is 79.6 Å². The molecule has 7 rings (SSSR count). The third kappa shape index (κ3) is 15.5. The van der Waals surface area contributed by atoms with Crippen LogP contribution in [-0.4, -0.2) is 74.2 Å². The van der Waals surface area contributed by atoms with E-state index in [9.17, 15) is 24.0 Å². The topological polar surface area (TPSA) is 180 Å². The molecule has 0 radical (unpaired) electrons. The Morgan fingerprint density at radius 3 is 1.24 bits per heavy atom. The normalized spacial score (nSPS) is 10.1. The first kappa shape index (κ1) is 50.4. The lowest BCUT2D eigenvalue weighted by atomic mass is 9.94. The van der Waals surface area contributed by atoms with Crippen LogP contribution in [-0.2, 0) is 33.6 Å². The van der Waals surface area contributed by atoms with Gasteiger partial charge >= 0.3 is 0 Å². The van der Waals surface area contributed by atoms with E-state index in [0.717, 1.165) is 52.0 Å². The SMILES string of the molecule is CN(C)C(=NC(=O)CCc1ccccc1)N(C)C.Nc1ccc(Cc2ccc(N)c(C(=O)c3ccccc3)c2)cc1C(=O)c1ccccc1.O=CNc1ccc(Cc2ccc(NC=O)cc2)cc1. The van der Waals surface area contributed by atoms with Crippen LogP contribution in [0.15, 0.2) is 181 Å². The van der Waals surface area contributed by atoms with E-state index in [1.165, 1.54) is 0 Å². The molecule has 0 bridgehead atoms. The quantitative estimate of drug-likeness (QED) is 0.0257. The van der Waals surface area contributed by atoms with Gasteiger partial charge in [0.15, 0.2) is 11.6 Å². The lowest BCUT2D eigenvalue weighted by Crippen LogP contribution is -2.36. The molecule has 68 heavy (non-hydrogen) atoms. The largest absolute Gasteiger partial charge is 0.398 e. The maximum Gasteiger partial charge on any atom is 0.249 e. The zero-order valence-electron chi connectivity index (χ0n) is 38.8. The molecule has 12 heteroatoms. The van der Waals surface area contributed by atoms with Gasteiger partial charge in [-0.1, -0.05) is 127 Å². The van der Waals surface area contributed by atoms with Gasteiger partial charge in [-0.3, -0.25) is 24.0 Å². The molecule has 0 aliphatic heterocycles. The Balaban J connectivity index is 0.000000202. The van der Waals surface area contributed by atoms with Gasteiger partial charge in [-0.15, -0.1) is 0 Å². The molecule has 12 nitrogen and oxygen atoms in total. The van der Waals surface area contributed by atoms with Crippen molar-refractivity contribution in [2.75, 3.05) is 50.3 Å². The van der Waals surface area contributed by atoms with Crippen LogP contribution in [0.3, 0.4) is 0 Å². The molecule has 0 aliphatic rings. The summed E-state index contributed by atoms with van der Waals surface area (Å²) >= 11 is 0. The van der Waals surface area contributed by atoms with E-state index < -0.39 is 0 Å². The highest BCUT2D eigenvalue weighted by Crippen LogP contribution is 2.24. The number of aryl methyl sites for hydroxylation is 1. The van der Waals surface area contributed by atoms with Crippen molar-refractivity contribution < 1.29 is 24.0 Å². The van der Waals surface area contributed by atoms with Gasteiger partial charge in [-0.25, -0.2) is 0 Å². The predicted molar refractivity (Wildman–Crippen MR) is 274 cm³/mol. The van der Waals surface area contributed by atoms with E-state index in [1.807, 2.05) is 178 Å². The summed E-state index contributed by atoms with van der Waals surface area (Å²) in [6.07, 6.45) is 3.85. The van der Waals surface area contributed by atoms with Crippen molar-refractivity contribution in [2.24, 2.45) is 4.99 Å². The van der Waals surface area contributed by atoms with Crippen molar-refractivity contribution in [3.8, 4) is 0 Å². The average Bonchev–Trinajstić information content (AvgIpc) is 3.36. The Labute approximate surface area is 398 Å². The predicted octanol–water partition coefficient (Wildman–Crippen LogP) is 8.94. The molecule has 0 heterocycles. The minimum Gasteiger partial charge on any atom is -0.398 e. The number of nitrogens with two attached hydrogens (primary N) is 2. The molecule has 0 aromatic heterocycles. The molecule has 0 aliphatic carbocycles. The maximum absolute atomic E-state index is 12.9. The van der Waals surface area contributed by atoms with E-state index >= 15 is 0 Å². The van der Waals surface area contributed by atoms with Crippen molar-refractivity contribution in [3.63, 3.8) is 0 Å². The number of ketones is 2. The van der Waals surface area contributed by atoms with E-state index in [1.54, 1.807) is 36.4 Å². The summed E-state index contributed by atoms with van der Waals surface area (Å²) in [6, 6.07) is 54.4. The van der Waals surface area contributed by atoms with E-state index in [-0.39, 0.29) is 17.5 Å². The summed E-state index contributed by atoms with van der Waals surface area (Å²) in [4.78, 5) is 65.9. The van der Waals surface area contributed by atoms with Crippen molar-refractivity contribution in [2.45, 2.75) is 25.7 Å². The van der Waals surface area contributed by atoms with Crippen LogP contribution in [0, 0.1) is 0 Å².